The molecule has 0 aliphatic rings. The van der Waals surface area contributed by atoms with Crippen molar-refractivity contribution in [2.24, 2.45) is 5.84 Å². The third kappa shape index (κ3) is 19.0. The van der Waals surface area contributed by atoms with Crippen molar-refractivity contribution in [1.82, 2.24) is 5.43 Å². The molecule has 0 saturated heterocycles. The zero-order chi connectivity index (χ0) is 12.6. The zero-order valence-corrected chi connectivity index (χ0v) is 10.5. The van der Waals surface area contributed by atoms with Gasteiger partial charge in [-0.3, -0.25) is 11.3 Å². The number of nitrogens with two attached hydrogens (primary N) is 1. The summed E-state index contributed by atoms with van der Waals surface area (Å²) in [5.41, 5.74) is 2.66. The molecule has 0 aliphatic heterocycles. The van der Waals surface area contributed by atoms with Crippen LogP contribution in [0.25, 0.3) is 0 Å². The van der Waals surface area contributed by atoms with Gasteiger partial charge in [-0.15, -0.1) is 0 Å². The number of rotatable bonds is 8. The lowest BCUT2D eigenvalue weighted by Gasteiger charge is -1.98. The summed E-state index contributed by atoms with van der Waals surface area (Å²) in [6.07, 6.45) is 8.02. The minimum atomic E-state index is -0.602. The maximum absolute atomic E-state index is 9.71. The number of hydrogen-bond donors (Lipinski definition) is 3. The third-order valence-corrected chi connectivity index (χ3v) is 2.03. The first kappa shape index (κ1) is 17.7. The number of carbonyl (C=O) groups excluding carboxylic acids is 1. The fourth-order valence-corrected chi connectivity index (χ4v) is 1.07. The lowest BCUT2D eigenvalue weighted by atomic mass is 10.1. The molecule has 0 radical (unpaired) electrons. The van der Waals surface area contributed by atoms with Crippen LogP contribution in [0.4, 0.5) is 0 Å². The Morgan fingerprint density at radius 1 is 1.25 bits per heavy atom. The van der Waals surface area contributed by atoms with Gasteiger partial charge in [0.05, 0.1) is 7.11 Å². The molecule has 4 N–H and O–H groups in total. The lowest BCUT2D eigenvalue weighted by Crippen LogP contribution is -2.22. The second kappa shape index (κ2) is 16.8. The maximum Gasteiger partial charge on any atom is 0.331 e. The predicted octanol–water partition coefficient (Wildman–Crippen LogP) is 0.962. The van der Waals surface area contributed by atoms with Crippen molar-refractivity contribution in [3.63, 3.8) is 0 Å². The molecule has 0 atom stereocenters. The molecule has 0 unspecified atom stereocenters. The van der Waals surface area contributed by atoms with Gasteiger partial charge in [0, 0.05) is 6.54 Å². The first-order valence-corrected chi connectivity index (χ1v) is 5.84. The molecule has 0 aromatic carbocycles. The summed E-state index contributed by atoms with van der Waals surface area (Å²) in [6.45, 7) is 2.67. The Bertz CT molecular complexity index is 129. The molecule has 0 aliphatic carbocycles. The van der Waals surface area contributed by atoms with E-state index in [1.165, 1.54) is 45.6 Å². The smallest absolute Gasteiger partial charge is 0.331 e. The normalized spacial score (nSPS) is 9.25. The van der Waals surface area contributed by atoms with E-state index in [0.29, 0.717) is 0 Å². The summed E-state index contributed by atoms with van der Waals surface area (Å²) in [4.78, 5) is 9.71. The number of aliphatic hydroxyl groups excluding tert-OH is 1. The van der Waals surface area contributed by atoms with Crippen LogP contribution in [0.15, 0.2) is 0 Å². The van der Waals surface area contributed by atoms with E-state index >= 15 is 0 Å². The quantitative estimate of drug-likeness (QED) is 0.252. The average molecular weight is 234 g/mol. The molecule has 0 aromatic heterocycles. The van der Waals surface area contributed by atoms with Crippen molar-refractivity contribution in [3.8, 4) is 0 Å². The first-order valence-electron chi connectivity index (χ1n) is 5.84. The number of nitrogens with one attached hydrogen (secondary N) is 1. The molecular formula is C11H26N2O3. The minimum Gasteiger partial charge on any atom is -0.467 e. The molecule has 16 heavy (non-hydrogen) atoms. The Kier molecular flexibility index (Phi) is 18.6. The Morgan fingerprint density at radius 3 is 2.19 bits per heavy atom. The van der Waals surface area contributed by atoms with Gasteiger partial charge < -0.3 is 9.84 Å². The van der Waals surface area contributed by atoms with Crippen molar-refractivity contribution in [2.75, 3.05) is 20.3 Å². The number of ether oxygens (including phenoxy) is 1. The van der Waals surface area contributed by atoms with E-state index in [2.05, 4.69) is 17.1 Å². The molecule has 0 heterocycles. The van der Waals surface area contributed by atoms with Crippen molar-refractivity contribution >= 4 is 5.97 Å². The van der Waals surface area contributed by atoms with Crippen molar-refractivity contribution in [2.45, 2.75) is 45.4 Å². The molecule has 0 bridgehead atoms. The minimum absolute atomic E-state index is 0.531. The number of hydrazine groups is 1. The Balaban J connectivity index is 0. The standard InChI is InChI=1S/C8H20N2.C3H6O3/c1-2-3-4-5-6-7-8-10-9;1-6-3(5)2-4/h10H,2-9H2,1H3;4H,2H2,1H3. The fraction of sp³-hybridized carbons (Fsp3) is 0.909. The van der Waals surface area contributed by atoms with Gasteiger partial charge in [0.25, 0.3) is 0 Å². The first-order chi connectivity index (χ1) is 7.72. The van der Waals surface area contributed by atoms with E-state index in [1.54, 1.807) is 0 Å². The highest BCUT2D eigenvalue weighted by atomic mass is 16.5. The SMILES string of the molecule is CCCCCCCCNN.COC(=O)CO. The van der Waals surface area contributed by atoms with Gasteiger partial charge in [0.15, 0.2) is 0 Å². The van der Waals surface area contributed by atoms with E-state index in [-0.39, 0.29) is 0 Å². The van der Waals surface area contributed by atoms with Crippen LogP contribution < -0.4 is 11.3 Å². The molecule has 0 rings (SSSR count). The molecule has 98 valence electrons. The molecule has 0 amide bonds. The van der Waals surface area contributed by atoms with Crippen LogP contribution >= 0.6 is 0 Å². The number of esters is 1. The van der Waals surface area contributed by atoms with Gasteiger partial charge in [0.1, 0.15) is 6.61 Å². The zero-order valence-electron chi connectivity index (χ0n) is 10.5. The van der Waals surface area contributed by atoms with Gasteiger partial charge in [-0.25, -0.2) is 4.79 Å². The number of carbonyl (C=O) groups is 1. The topological polar surface area (TPSA) is 84.6 Å². The summed E-state index contributed by atoms with van der Waals surface area (Å²) in [7, 11) is 1.22. The second-order valence-electron chi connectivity index (χ2n) is 3.46. The predicted molar refractivity (Wildman–Crippen MR) is 64.7 cm³/mol. The molecule has 5 heteroatoms. The van der Waals surface area contributed by atoms with Crippen LogP contribution in [-0.2, 0) is 9.53 Å². The Labute approximate surface area is 98.3 Å². The van der Waals surface area contributed by atoms with Crippen LogP contribution in [0.2, 0.25) is 0 Å². The Hall–Kier alpha value is -0.650. The highest BCUT2D eigenvalue weighted by molar-refractivity contribution is 5.70. The molecular weight excluding hydrogens is 208 g/mol. The molecule has 0 spiro atoms. The summed E-state index contributed by atoms with van der Waals surface area (Å²) in [5.74, 6) is 4.52. The van der Waals surface area contributed by atoms with Crippen molar-refractivity contribution in [1.29, 1.82) is 0 Å². The highest BCUT2D eigenvalue weighted by Crippen LogP contribution is 2.03. The largest absolute Gasteiger partial charge is 0.467 e. The summed E-state index contributed by atoms with van der Waals surface area (Å²) < 4.78 is 4.01. The summed E-state index contributed by atoms with van der Waals surface area (Å²) in [6, 6.07) is 0. The fourth-order valence-electron chi connectivity index (χ4n) is 1.07. The Morgan fingerprint density at radius 2 is 1.81 bits per heavy atom. The molecule has 0 fully saturated rings. The molecule has 0 saturated carbocycles. The monoisotopic (exact) mass is 234 g/mol. The number of methoxy groups -OCH3 is 1. The van der Waals surface area contributed by atoms with Crippen molar-refractivity contribution < 1.29 is 14.6 Å². The number of aliphatic hydroxyl groups is 1. The van der Waals surface area contributed by atoms with E-state index in [0.717, 1.165) is 6.54 Å². The van der Waals surface area contributed by atoms with Gasteiger partial charge in [0.2, 0.25) is 0 Å². The molecule has 0 aromatic rings. The van der Waals surface area contributed by atoms with Gasteiger partial charge in [-0.05, 0) is 6.42 Å². The average Bonchev–Trinajstić information content (AvgIpc) is 2.33. The summed E-state index contributed by atoms with van der Waals surface area (Å²) in [5, 5.41) is 7.86. The third-order valence-electron chi connectivity index (χ3n) is 2.03. The van der Waals surface area contributed by atoms with Gasteiger partial charge in [-0.2, -0.15) is 0 Å². The van der Waals surface area contributed by atoms with Gasteiger partial charge in [-0.1, -0.05) is 39.0 Å². The highest BCUT2D eigenvalue weighted by Gasteiger charge is 1.89. The van der Waals surface area contributed by atoms with Crippen LogP contribution in [0, 0.1) is 0 Å². The van der Waals surface area contributed by atoms with Crippen molar-refractivity contribution in [3.05, 3.63) is 0 Å². The number of unbranched alkanes of at least 4 members (excludes halogenated alkanes) is 5. The van der Waals surface area contributed by atoms with Crippen LogP contribution in [0.5, 0.6) is 0 Å². The van der Waals surface area contributed by atoms with Crippen LogP contribution in [0.3, 0.4) is 0 Å². The van der Waals surface area contributed by atoms with E-state index in [1.807, 2.05) is 0 Å². The maximum atomic E-state index is 9.71. The van der Waals surface area contributed by atoms with Crippen LogP contribution in [-0.4, -0.2) is 31.3 Å². The summed E-state index contributed by atoms with van der Waals surface area (Å²) >= 11 is 0. The molecule has 5 nitrogen and oxygen atoms in total. The van der Waals surface area contributed by atoms with Gasteiger partial charge >= 0.3 is 5.97 Å². The van der Waals surface area contributed by atoms with E-state index in [4.69, 9.17) is 10.9 Å². The second-order valence-corrected chi connectivity index (χ2v) is 3.46. The lowest BCUT2D eigenvalue weighted by molar-refractivity contribution is -0.143. The van der Waals surface area contributed by atoms with E-state index in [9.17, 15) is 4.79 Å². The van der Waals surface area contributed by atoms with Crippen LogP contribution in [0.1, 0.15) is 45.4 Å². The van der Waals surface area contributed by atoms with E-state index < -0.39 is 12.6 Å². The number of hydrogen-bond acceptors (Lipinski definition) is 5.